The second-order valence-corrected chi connectivity index (χ2v) is 4.18. The highest BCUT2D eigenvalue weighted by Crippen LogP contribution is 2.24. The smallest absolute Gasteiger partial charge is 0.224 e. The Morgan fingerprint density at radius 2 is 2.11 bits per heavy atom. The van der Waals surface area contributed by atoms with Crippen LogP contribution in [0.5, 0.6) is 11.6 Å². The van der Waals surface area contributed by atoms with E-state index in [9.17, 15) is 4.39 Å². The Morgan fingerprint density at radius 3 is 2.84 bits per heavy atom. The van der Waals surface area contributed by atoms with Crippen LogP contribution in [0.25, 0.3) is 0 Å². The summed E-state index contributed by atoms with van der Waals surface area (Å²) in [7, 11) is 0. The molecule has 1 N–H and O–H groups in total. The molecule has 0 fully saturated rings. The van der Waals surface area contributed by atoms with E-state index in [0.29, 0.717) is 17.4 Å². The first-order valence-corrected chi connectivity index (χ1v) is 6.19. The summed E-state index contributed by atoms with van der Waals surface area (Å²) in [5.41, 5.74) is 0.724. The van der Waals surface area contributed by atoms with E-state index in [1.165, 1.54) is 18.5 Å². The van der Waals surface area contributed by atoms with Crippen molar-refractivity contribution in [1.82, 2.24) is 9.97 Å². The van der Waals surface area contributed by atoms with Crippen molar-refractivity contribution in [3.63, 3.8) is 0 Å². The van der Waals surface area contributed by atoms with Crippen molar-refractivity contribution in [2.45, 2.75) is 20.3 Å². The zero-order valence-corrected chi connectivity index (χ0v) is 11.0. The van der Waals surface area contributed by atoms with Gasteiger partial charge in [0.05, 0.1) is 0 Å². The minimum absolute atomic E-state index is 0.280. The van der Waals surface area contributed by atoms with Crippen LogP contribution in [0.2, 0.25) is 0 Å². The molecule has 2 rings (SSSR count). The second-order valence-electron chi connectivity index (χ2n) is 4.18. The summed E-state index contributed by atoms with van der Waals surface area (Å²) in [6, 6.07) is 6.09. The van der Waals surface area contributed by atoms with E-state index < -0.39 is 0 Å². The van der Waals surface area contributed by atoms with Gasteiger partial charge in [0.1, 0.15) is 23.7 Å². The summed E-state index contributed by atoms with van der Waals surface area (Å²) >= 11 is 0. The van der Waals surface area contributed by atoms with E-state index in [1.54, 1.807) is 19.1 Å². The Bertz CT molecular complexity index is 560. The first-order chi connectivity index (χ1) is 9.19. The number of ether oxygens (including phenoxy) is 1. The highest BCUT2D eigenvalue weighted by Gasteiger charge is 2.05. The maximum atomic E-state index is 13.0. The molecule has 1 aromatic carbocycles. The van der Waals surface area contributed by atoms with Gasteiger partial charge in [0.15, 0.2) is 0 Å². The Morgan fingerprint density at radius 1 is 1.26 bits per heavy atom. The van der Waals surface area contributed by atoms with E-state index in [-0.39, 0.29) is 5.82 Å². The van der Waals surface area contributed by atoms with Gasteiger partial charge in [0.2, 0.25) is 5.88 Å². The normalized spacial score (nSPS) is 10.3. The number of nitrogens with one attached hydrogen (secondary N) is 1. The highest BCUT2D eigenvalue weighted by molar-refractivity contribution is 5.40. The lowest BCUT2D eigenvalue weighted by atomic mass is 10.2. The third-order valence-corrected chi connectivity index (χ3v) is 2.55. The number of aryl methyl sites for hydroxylation is 1. The van der Waals surface area contributed by atoms with Gasteiger partial charge in [-0.3, -0.25) is 0 Å². The molecule has 0 saturated carbocycles. The summed E-state index contributed by atoms with van der Waals surface area (Å²) in [5, 5.41) is 3.15. The van der Waals surface area contributed by atoms with Crippen LogP contribution in [0.3, 0.4) is 0 Å². The Kier molecular flexibility index (Phi) is 4.28. The first kappa shape index (κ1) is 13.3. The van der Waals surface area contributed by atoms with Crippen molar-refractivity contribution in [3.8, 4) is 11.6 Å². The molecule has 0 bridgehead atoms. The maximum Gasteiger partial charge on any atom is 0.224 e. The van der Waals surface area contributed by atoms with Crippen molar-refractivity contribution >= 4 is 5.82 Å². The molecule has 100 valence electrons. The number of nitrogens with zero attached hydrogens (tertiary/aromatic N) is 2. The predicted octanol–water partition coefficient (Wildman–Crippen LogP) is 3.54. The SMILES string of the molecule is CCCNc1cc(Oc2ccc(F)cc2C)ncn1. The van der Waals surface area contributed by atoms with Gasteiger partial charge >= 0.3 is 0 Å². The molecule has 0 aliphatic rings. The topological polar surface area (TPSA) is 47.0 Å². The molecule has 4 nitrogen and oxygen atoms in total. The Balaban J connectivity index is 2.14. The third-order valence-electron chi connectivity index (χ3n) is 2.55. The number of benzene rings is 1. The molecule has 19 heavy (non-hydrogen) atoms. The van der Waals surface area contributed by atoms with Gasteiger partial charge in [0, 0.05) is 12.6 Å². The van der Waals surface area contributed by atoms with Crippen LogP contribution < -0.4 is 10.1 Å². The lowest BCUT2D eigenvalue weighted by molar-refractivity contribution is 0.456. The lowest BCUT2D eigenvalue weighted by Gasteiger charge is -2.09. The van der Waals surface area contributed by atoms with Gasteiger partial charge in [-0.1, -0.05) is 6.92 Å². The minimum atomic E-state index is -0.280. The maximum absolute atomic E-state index is 13.0. The van der Waals surface area contributed by atoms with Gasteiger partial charge in [-0.2, -0.15) is 0 Å². The molecule has 2 aromatic rings. The summed E-state index contributed by atoms with van der Waals surface area (Å²) in [6.07, 6.45) is 2.45. The fourth-order valence-corrected chi connectivity index (χ4v) is 1.59. The second kappa shape index (κ2) is 6.13. The molecule has 0 spiro atoms. The molecule has 1 heterocycles. The van der Waals surface area contributed by atoms with Crippen molar-refractivity contribution in [1.29, 1.82) is 0 Å². The summed E-state index contributed by atoms with van der Waals surface area (Å²) in [5.74, 6) is 1.45. The van der Waals surface area contributed by atoms with Crippen LogP contribution in [0.4, 0.5) is 10.2 Å². The molecule has 1 aromatic heterocycles. The number of hydrogen-bond donors (Lipinski definition) is 1. The van der Waals surface area contributed by atoms with E-state index in [1.807, 2.05) is 0 Å². The summed E-state index contributed by atoms with van der Waals surface area (Å²) in [6.45, 7) is 4.70. The van der Waals surface area contributed by atoms with Gasteiger partial charge in [-0.25, -0.2) is 14.4 Å². The van der Waals surface area contributed by atoms with Gasteiger partial charge < -0.3 is 10.1 Å². The first-order valence-electron chi connectivity index (χ1n) is 6.19. The standard InChI is InChI=1S/C14H16FN3O/c1-3-6-16-13-8-14(18-9-17-13)19-12-5-4-11(15)7-10(12)2/h4-5,7-9H,3,6H2,1-2H3,(H,16,17,18). The molecule has 5 heteroatoms. The fraction of sp³-hybridized carbons (Fsp3) is 0.286. The number of hydrogen-bond acceptors (Lipinski definition) is 4. The highest BCUT2D eigenvalue weighted by atomic mass is 19.1. The fourth-order valence-electron chi connectivity index (χ4n) is 1.59. The zero-order chi connectivity index (χ0) is 13.7. The van der Waals surface area contributed by atoms with E-state index in [2.05, 4.69) is 22.2 Å². The molecule has 0 aliphatic carbocycles. The third kappa shape index (κ3) is 3.64. The minimum Gasteiger partial charge on any atom is -0.439 e. The van der Waals surface area contributed by atoms with E-state index >= 15 is 0 Å². The van der Waals surface area contributed by atoms with Gasteiger partial charge in [-0.15, -0.1) is 0 Å². The van der Waals surface area contributed by atoms with Crippen LogP contribution in [0.15, 0.2) is 30.6 Å². The summed E-state index contributed by atoms with van der Waals surface area (Å²) in [4.78, 5) is 8.13. The molecule has 0 aliphatic heterocycles. The summed E-state index contributed by atoms with van der Waals surface area (Å²) < 4.78 is 18.6. The largest absolute Gasteiger partial charge is 0.439 e. The number of rotatable bonds is 5. The molecule has 0 unspecified atom stereocenters. The van der Waals surface area contributed by atoms with Crippen LogP contribution >= 0.6 is 0 Å². The number of halogens is 1. The molecule has 0 atom stereocenters. The van der Waals surface area contributed by atoms with Crippen molar-refractivity contribution in [3.05, 3.63) is 42.0 Å². The molecule has 0 saturated heterocycles. The van der Waals surface area contributed by atoms with Crippen LogP contribution in [-0.4, -0.2) is 16.5 Å². The van der Waals surface area contributed by atoms with Crippen molar-refractivity contribution in [2.75, 3.05) is 11.9 Å². The van der Waals surface area contributed by atoms with Crippen molar-refractivity contribution < 1.29 is 9.13 Å². The molecule has 0 amide bonds. The Labute approximate surface area is 111 Å². The zero-order valence-electron chi connectivity index (χ0n) is 11.0. The Hall–Kier alpha value is -2.17. The van der Waals surface area contributed by atoms with Crippen molar-refractivity contribution in [2.24, 2.45) is 0 Å². The molecule has 0 radical (unpaired) electrons. The average Bonchev–Trinajstić information content (AvgIpc) is 2.40. The quantitative estimate of drug-likeness (QED) is 0.894. The lowest BCUT2D eigenvalue weighted by Crippen LogP contribution is -2.02. The van der Waals surface area contributed by atoms with Crippen LogP contribution in [0, 0.1) is 12.7 Å². The van der Waals surface area contributed by atoms with Crippen LogP contribution in [0.1, 0.15) is 18.9 Å². The van der Waals surface area contributed by atoms with E-state index in [0.717, 1.165) is 18.5 Å². The molecular weight excluding hydrogens is 245 g/mol. The number of aromatic nitrogens is 2. The van der Waals surface area contributed by atoms with Gasteiger partial charge in [0.25, 0.3) is 0 Å². The number of anilines is 1. The molecular formula is C14H16FN3O. The van der Waals surface area contributed by atoms with E-state index in [4.69, 9.17) is 4.74 Å². The van der Waals surface area contributed by atoms with Gasteiger partial charge in [-0.05, 0) is 37.1 Å². The average molecular weight is 261 g/mol. The van der Waals surface area contributed by atoms with Crippen LogP contribution in [-0.2, 0) is 0 Å². The monoisotopic (exact) mass is 261 g/mol. The predicted molar refractivity (Wildman–Crippen MR) is 72.0 cm³/mol.